The van der Waals surface area contributed by atoms with Gasteiger partial charge in [-0.1, -0.05) is 0 Å². The quantitative estimate of drug-likeness (QED) is 0.405. The van der Waals surface area contributed by atoms with Crippen molar-refractivity contribution >= 4 is 29.6 Å². The van der Waals surface area contributed by atoms with Crippen LogP contribution in [0.2, 0.25) is 0 Å². The number of aromatic nitrogens is 1. The minimum atomic E-state index is -0.359. The number of aliphatic imine (C=N–C) groups is 1. The number of amidine groups is 1. The number of hydrogen-bond donors (Lipinski definition) is 1. The molecule has 4 rings (SSSR count). The first-order chi connectivity index (χ1) is 16.0. The second-order valence-electron chi connectivity index (χ2n) is 8.95. The number of rotatable bonds is 8. The van der Waals surface area contributed by atoms with Crippen LogP contribution in [-0.4, -0.2) is 128 Å². The first-order valence-electron chi connectivity index (χ1n) is 11.3. The summed E-state index contributed by atoms with van der Waals surface area (Å²) in [6.07, 6.45) is 3.77. The molecule has 0 aliphatic carbocycles. The highest BCUT2D eigenvalue weighted by Crippen LogP contribution is 2.19. The zero-order valence-corrected chi connectivity index (χ0v) is 20.4. The van der Waals surface area contributed by atoms with Crippen molar-refractivity contribution in [1.29, 1.82) is 0 Å². The fourth-order valence-corrected chi connectivity index (χ4v) is 5.30. The van der Waals surface area contributed by atoms with Gasteiger partial charge in [0.2, 0.25) is 6.41 Å². The molecule has 2 atom stereocenters. The Morgan fingerprint density at radius 2 is 2.18 bits per heavy atom. The van der Waals surface area contributed by atoms with E-state index in [1.807, 2.05) is 10.3 Å². The van der Waals surface area contributed by atoms with Gasteiger partial charge in [0, 0.05) is 68.6 Å². The van der Waals surface area contributed by atoms with Crippen LogP contribution in [0.25, 0.3) is 0 Å². The second kappa shape index (κ2) is 10.7. The van der Waals surface area contributed by atoms with Gasteiger partial charge < -0.3 is 19.9 Å². The Morgan fingerprint density at radius 3 is 2.85 bits per heavy atom. The molecular formula is C22H33N7O3S. The smallest absolute Gasteiger partial charge is 0.337 e. The number of esters is 1. The SMILES string of the molecule is COC(=O)C1=C(CN2CCN(C)C(CN(C=O)C3CCN(C)C3)C2)NC(c2nccs2)=NC1. The minimum Gasteiger partial charge on any atom is -0.466 e. The van der Waals surface area contributed by atoms with E-state index in [1.54, 1.807) is 6.20 Å². The molecule has 2 saturated heterocycles. The third-order valence-electron chi connectivity index (χ3n) is 6.73. The molecule has 1 N–H and O–H groups in total. The lowest BCUT2D eigenvalue weighted by Crippen LogP contribution is -2.57. The van der Waals surface area contributed by atoms with Crippen LogP contribution in [0, 0.1) is 0 Å². The molecule has 10 nitrogen and oxygen atoms in total. The van der Waals surface area contributed by atoms with Crippen LogP contribution in [0.5, 0.6) is 0 Å². The second-order valence-corrected chi connectivity index (χ2v) is 9.85. The number of thiazole rings is 1. The van der Waals surface area contributed by atoms with Crippen molar-refractivity contribution in [2.24, 2.45) is 4.99 Å². The van der Waals surface area contributed by atoms with Crippen LogP contribution >= 0.6 is 11.3 Å². The molecule has 0 saturated carbocycles. The first-order valence-corrected chi connectivity index (χ1v) is 12.2. The zero-order valence-electron chi connectivity index (χ0n) is 19.6. The van der Waals surface area contributed by atoms with E-state index in [0.717, 1.165) is 56.3 Å². The maximum absolute atomic E-state index is 12.4. The van der Waals surface area contributed by atoms with E-state index in [9.17, 15) is 9.59 Å². The summed E-state index contributed by atoms with van der Waals surface area (Å²) in [6, 6.07) is 0.509. The topological polar surface area (TPSA) is 93.6 Å². The van der Waals surface area contributed by atoms with Crippen LogP contribution in [0.3, 0.4) is 0 Å². The van der Waals surface area contributed by atoms with Crippen molar-refractivity contribution in [3.05, 3.63) is 27.9 Å². The Bertz CT molecular complexity index is 904. The van der Waals surface area contributed by atoms with Crippen LogP contribution in [-0.2, 0) is 14.3 Å². The van der Waals surface area contributed by atoms with Gasteiger partial charge in [-0.15, -0.1) is 11.3 Å². The molecule has 3 aliphatic rings. The zero-order chi connectivity index (χ0) is 23.4. The number of piperazine rings is 1. The number of likely N-dealkylation sites (N-methyl/N-ethyl adjacent to an activating group) is 2. The van der Waals surface area contributed by atoms with Crippen LogP contribution in [0.1, 0.15) is 11.4 Å². The number of likely N-dealkylation sites (tertiary alicyclic amines) is 1. The Kier molecular flexibility index (Phi) is 7.74. The summed E-state index contributed by atoms with van der Waals surface area (Å²) in [6.45, 7) is 6.11. The fourth-order valence-electron chi connectivity index (χ4n) is 4.70. The molecule has 1 amide bonds. The van der Waals surface area contributed by atoms with Crippen molar-refractivity contribution < 1.29 is 14.3 Å². The maximum atomic E-state index is 12.4. The maximum Gasteiger partial charge on any atom is 0.337 e. The van der Waals surface area contributed by atoms with Crippen LogP contribution in [0.4, 0.5) is 0 Å². The van der Waals surface area contributed by atoms with Crippen molar-refractivity contribution in [1.82, 2.24) is 29.9 Å². The molecule has 33 heavy (non-hydrogen) atoms. The Hall–Kier alpha value is -2.34. The molecule has 0 bridgehead atoms. The number of nitrogens with zero attached hydrogens (tertiary/aromatic N) is 6. The summed E-state index contributed by atoms with van der Waals surface area (Å²) in [5.74, 6) is 0.332. The Balaban J connectivity index is 1.44. The summed E-state index contributed by atoms with van der Waals surface area (Å²) in [5.41, 5.74) is 1.37. The molecule has 180 valence electrons. The van der Waals surface area contributed by atoms with Gasteiger partial charge >= 0.3 is 5.97 Å². The lowest BCUT2D eigenvalue weighted by atomic mass is 10.1. The van der Waals surface area contributed by atoms with Crippen molar-refractivity contribution in [2.45, 2.75) is 18.5 Å². The molecule has 1 aromatic rings. The highest BCUT2D eigenvalue weighted by molar-refractivity contribution is 7.11. The van der Waals surface area contributed by atoms with Gasteiger partial charge in [-0.25, -0.2) is 9.78 Å². The number of ether oxygens (including phenoxy) is 1. The van der Waals surface area contributed by atoms with E-state index >= 15 is 0 Å². The Labute approximate surface area is 198 Å². The molecule has 1 aromatic heterocycles. The summed E-state index contributed by atoms with van der Waals surface area (Å²) in [4.78, 5) is 42.0. The monoisotopic (exact) mass is 475 g/mol. The predicted molar refractivity (Wildman–Crippen MR) is 127 cm³/mol. The number of nitrogens with one attached hydrogen (secondary N) is 1. The molecule has 11 heteroatoms. The van der Waals surface area contributed by atoms with E-state index in [-0.39, 0.29) is 24.6 Å². The molecule has 3 aliphatic heterocycles. The van der Waals surface area contributed by atoms with Crippen LogP contribution < -0.4 is 5.32 Å². The van der Waals surface area contributed by atoms with Gasteiger partial charge in [-0.05, 0) is 27.1 Å². The van der Waals surface area contributed by atoms with E-state index in [1.165, 1.54) is 18.4 Å². The third-order valence-corrected chi connectivity index (χ3v) is 7.51. The number of amides is 1. The minimum absolute atomic E-state index is 0.229. The molecule has 0 radical (unpaired) electrons. The largest absolute Gasteiger partial charge is 0.466 e. The highest BCUT2D eigenvalue weighted by atomic mass is 32.1. The number of carbonyl (C=O) groups is 2. The van der Waals surface area contributed by atoms with E-state index in [2.05, 4.69) is 44.1 Å². The Morgan fingerprint density at radius 1 is 1.33 bits per heavy atom. The van der Waals surface area contributed by atoms with E-state index in [0.29, 0.717) is 24.5 Å². The third kappa shape index (κ3) is 5.60. The number of hydrogen-bond acceptors (Lipinski definition) is 10. The lowest BCUT2D eigenvalue weighted by Gasteiger charge is -2.42. The van der Waals surface area contributed by atoms with Gasteiger partial charge in [0.1, 0.15) is 0 Å². The van der Waals surface area contributed by atoms with Crippen LogP contribution in [0.15, 0.2) is 27.8 Å². The molecule has 4 heterocycles. The molecule has 2 unspecified atom stereocenters. The summed E-state index contributed by atoms with van der Waals surface area (Å²) in [5, 5.41) is 6.05. The van der Waals surface area contributed by atoms with Gasteiger partial charge in [0.15, 0.2) is 10.8 Å². The fraction of sp³-hybridized carbons (Fsp3) is 0.636. The predicted octanol–water partition coefficient (Wildman–Crippen LogP) is -0.301. The molecular weight excluding hydrogens is 442 g/mol. The number of carbonyl (C=O) groups excluding carboxylic acids is 2. The number of methoxy groups -OCH3 is 1. The van der Waals surface area contributed by atoms with Crippen molar-refractivity contribution in [3.63, 3.8) is 0 Å². The molecule has 0 aromatic carbocycles. The standard InChI is InChI=1S/C22H33N7O3S/c1-26-6-4-16(11-26)29(15-30)13-17-12-28(8-7-27(17)2)14-19-18(22(31)32-3)10-24-20(25-19)21-23-5-9-33-21/h5,9,15-17H,4,6-8,10-14H2,1-3H3,(H,24,25). The summed E-state index contributed by atoms with van der Waals surface area (Å²) >= 11 is 1.51. The lowest BCUT2D eigenvalue weighted by molar-refractivity contribution is -0.136. The van der Waals surface area contributed by atoms with Gasteiger partial charge in [-0.3, -0.25) is 19.6 Å². The normalized spacial score (nSPS) is 25.0. The summed E-state index contributed by atoms with van der Waals surface area (Å²) in [7, 11) is 5.62. The van der Waals surface area contributed by atoms with Crippen molar-refractivity contribution in [2.75, 3.05) is 73.6 Å². The van der Waals surface area contributed by atoms with E-state index < -0.39 is 0 Å². The summed E-state index contributed by atoms with van der Waals surface area (Å²) < 4.78 is 5.01. The van der Waals surface area contributed by atoms with Gasteiger partial charge in [0.05, 0.1) is 19.2 Å². The average Bonchev–Trinajstić information content (AvgIpc) is 3.51. The van der Waals surface area contributed by atoms with Gasteiger partial charge in [0.25, 0.3) is 0 Å². The molecule has 0 spiro atoms. The van der Waals surface area contributed by atoms with Gasteiger partial charge in [-0.2, -0.15) is 0 Å². The average molecular weight is 476 g/mol. The van der Waals surface area contributed by atoms with Crippen molar-refractivity contribution in [3.8, 4) is 0 Å². The molecule has 2 fully saturated rings. The first kappa shape index (κ1) is 23.8. The highest BCUT2D eigenvalue weighted by Gasteiger charge is 2.32. The van der Waals surface area contributed by atoms with E-state index in [4.69, 9.17) is 4.74 Å².